The van der Waals surface area contributed by atoms with Crippen LogP contribution in [-0.2, 0) is 6.18 Å². The molecule has 9 heteroatoms. The lowest BCUT2D eigenvalue weighted by Crippen LogP contribution is -2.16. The molecule has 3 nitrogen and oxygen atoms in total. The molecule has 23 heavy (non-hydrogen) atoms. The summed E-state index contributed by atoms with van der Waals surface area (Å²) in [5.74, 6) is -0.567. The van der Waals surface area contributed by atoms with Crippen molar-refractivity contribution in [2.75, 3.05) is 7.11 Å². The lowest BCUT2D eigenvalue weighted by molar-refractivity contribution is -0.274. The molecule has 0 N–H and O–H groups in total. The van der Waals surface area contributed by atoms with E-state index in [4.69, 9.17) is 4.74 Å². The minimum Gasteiger partial charge on any atom is -0.481 e. The van der Waals surface area contributed by atoms with Crippen LogP contribution in [-0.4, -0.2) is 18.5 Å². The smallest absolute Gasteiger partial charge is 0.481 e. The van der Waals surface area contributed by atoms with Gasteiger partial charge in [-0.1, -0.05) is 12.1 Å². The number of aromatic nitrogens is 1. The largest absolute Gasteiger partial charge is 0.573 e. The first-order valence-corrected chi connectivity index (χ1v) is 6.07. The van der Waals surface area contributed by atoms with Gasteiger partial charge < -0.3 is 9.47 Å². The normalized spacial score (nSPS) is 12.1. The van der Waals surface area contributed by atoms with Crippen molar-refractivity contribution in [3.05, 3.63) is 42.1 Å². The van der Waals surface area contributed by atoms with E-state index in [1.165, 1.54) is 19.2 Å². The summed E-state index contributed by atoms with van der Waals surface area (Å²) in [6, 6.07) is 5.15. The number of benzene rings is 1. The van der Waals surface area contributed by atoms with Gasteiger partial charge in [0.15, 0.2) is 0 Å². The summed E-state index contributed by atoms with van der Waals surface area (Å²) < 4.78 is 83.1. The van der Waals surface area contributed by atoms with Gasteiger partial charge in [-0.25, -0.2) is 4.98 Å². The second-order valence-corrected chi connectivity index (χ2v) is 4.35. The zero-order chi connectivity index (χ0) is 17.3. The standard InChI is InChI=1S/C14H9F6NO2/c1-22-12-11(6-9(7-21-12)13(15,16)17)8-2-4-10(5-3-8)23-14(18,19)20/h2-7H,1H3. The predicted octanol–water partition coefficient (Wildman–Crippen LogP) is 4.67. The first-order valence-electron chi connectivity index (χ1n) is 6.07. The summed E-state index contributed by atoms with van der Waals surface area (Å²) in [6.07, 6.45) is -8.84. The number of nitrogens with zero attached hydrogens (tertiary/aromatic N) is 1. The molecule has 0 radical (unpaired) electrons. The Bertz CT molecular complexity index is 679. The summed E-state index contributed by atoms with van der Waals surface area (Å²) in [4.78, 5) is 3.57. The number of hydrogen-bond acceptors (Lipinski definition) is 3. The maximum Gasteiger partial charge on any atom is 0.573 e. The molecular formula is C14H9F6NO2. The number of ether oxygens (including phenoxy) is 2. The second-order valence-electron chi connectivity index (χ2n) is 4.35. The molecule has 0 amide bonds. The summed E-state index contributed by atoms with van der Waals surface area (Å²) in [5, 5.41) is 0. The molecule has 1 aromatic carbocycles. The number of alkyl halides is 6. The molecule has 0 aliphatic heterocycles. The van der Waals surface area contributed by atoms with Crippen molar-refractivity contribution < 1.29 is 35.8 Å². The molecule has 2 aromatic rings. The van der Waals surface area contributed by atoms with E-state index in [1.54, 1.807) is 0 Å². The lowest BCUT2D eigenvalue weighted by Gasteiger charge is -2.13. The third kappa shape index (κ3) is 4.27. The van der Waals surface area contributed by atoms with Crippen molar-refractivity contribution in [3.8, 4) is 22.8 Å². The van der Waals surface area contributed by atoms with E-state index < -0.39 is 23.9 Å². The Morgan fingerprint density at radius 2 is 1.57 bits per heavy atom. The molecule has 0 aliphatic carbocycles. The van der Waals surface area contributed by atoms with E-state index >= 15 is 0 Å². The Morgan fingerprint density at radius 3 is 2.04 bits per heavy atom. The first kappa shape index (κ1) is 16.9. The maximum atomic E-state index is 12.7. The van der Waals surface area contributed by atoms with E-state index in [2.05, 4.69) is 9.72 Å². The minimum atomic E-state index is -4.85. The van der Waals surface area contributed by atoms with E-state index in [9.17, 15) is 26.3 Å². The fourth-order valence-corrected chi connectivity index (χ4v) is 1.81. The molecule has 124 valence electrons. The second kappa shape index (κ2) is 5.98. The van der Waals surface area contributed by atoms with Gasteiger partial charge in [-0.3, -0.25) is 0 Å². The van der Waals surface area contributed by atoms with Crippen molar-refractivity contribution in [2.45, 2.75) is 12.5 Å². The lowest BCUT2D eigenvalue weighted by atomic mass is 10.0. The van der Waals surface area contributed by atoms with Crippen molar-refractivity contribution in [3.63, 3.8) is 0 Å². The average molecular weight is 337 g/mol. The summed E-state index contributed by atoms with van der Waals surface area (Å²) in [7, 11) is 1.22. The molecule has 0 atom stereocenters. The van der Waals surface area contributed by atoms with E-state index in [1.807, 2.05) is 0 Å². The van der Waals surface area contributed by atoms with Crippen LogP contribution in [0.3, 0.4) is 0 Å². The Hall–Kier alpha value is -2.45. The topological polar surface area (TPSA) is 31.4 Å². The van der Waals surface area contributed by atoms with Crippen molar-refractivity contribution >= 4 is 0 Å². The van der Waals surface area contributed by atoms with Gasteiger partial charge in [0.05, 0.1) is 12.7 Å². The molecule has 0 fully saturated rings. The Kier molecular flexibility index (Phi) is 4.39. The van der Waals surface area contributed by atoms with Crippen molar-refractivity contribution in [2.24, 2.45) is 0 Å². The third-order valence-corrected chi connectivity index (χ3v) is 2.77. The first-order chi connectivity index (χ1) is 10.6. The number of halogens is 6. The van der Waals surface area contributed by atoms with Gasteiger partial charge in [-0.2, -0.15) is 13.2 Å². The van der Waals surface area contributed by atoms with Gasteiger partial charge in [0.2, 0.25) is 5.88 Å². The molecule has 1 heterocycles. The van der Waals surface area contributed by atoms with Crippen molar-refractivity contribution in [1.29, 1.82) is 0 Å². The number of methoxy groups -OCH3 is 1. The number of hydrogen-bond donors (Lipinski definition) is 0. The summed E-state index contributed by atoms with van der Waals surface area (Å²) >= 11 is 0. The SMILES string of the molecule is COc1ncc(C(F)(F)F)cc1-c1ccc(OC(F)(F)F)cc1. The number of pyridine rings is 1. The van der Waals surface area contributed by atoms with Crippen LogP contribution in [0.25, 0.3) is 11.1 Å². The molecule has 0 saturated carbocycles. The molecule has 1 aromatic heterocycles. The minimum absolute atomic E-state index is 0.000818. The van der Waals surface area contributed by atoms with Gasteiger partial charge in [0.1, 0.15) is 5.75 Å². The van der Waals surface area contributed by atoms with Gasteiger partial charge in [-0.05, 0) is 23.8 Å². The highest BCUT2D eigenvalue weighted by Crippen LogP contribution is 2.36. The zero-order valence-electron chi connectivity index (χ0n) is 11.5. The third-order valence-electron chi connectivity index (χ3n) is 2.77. The average Bonchev–Trinajstić information content (AvgIpc) is 2.45. The molecule has 0 saturated heterocycles. The van der Waals surface area contributed by atoms with Crippen LogP contribution in [0.5, 0.6) is 11.6 Å². The van der Waals surface area contributed by atoms with Gasteiger partial charge >= 0.3 is 12.5 Å². The van der Waals surface area contributed by atoms with Crippen LogP contribution < -0.4 is 9.47 Å². The molecule has 0 aliphatic rings. The zero-order valence-corrected chi connectivity index (χ0v) is 11.5. The molecule has 0 spiro atoms. The Labute approximate surface area is 126 Å². The molecule has 0 unspecified atom stereocenters. The van der Waals surface area contributed by atoms with Gasteiger partial charge in [0, 0.05) is 11.8 Å². The number of rotatable bonds is 3. The highest BCUT2D eigenvalue weighted by molar-refractivity contribution is 5.69. The van der Waals surface area contributed by atoms with E-state index in [-0.39, 0.29) is 17.0 Å². The fraction of sp³-hybridized carbons (Fsp3) is 0.214. The quantitative estimate of drug-likeness (QED) is 0.763. The van der Waals surface area contributed by atoms with Crippen LogP contribution in [0.15, 0.2) is 36.5 Å². The fourth-order valence-electron chi connectivity index (χ4n) is 1.81. The summed E-state index contributed by atoms with van der Waals surface area (Å²) in [6.45, 7) is 0. The van der Waals surface area contributed by atoms with Crippen LogP contribution in [0.2, 0.25) is 0 Å². The molecule has 2 rings (SSSR count). The molecular weight excluding hydrogens is 328 g/mol. The Balaban J connectivity index is 2.40. The van der Waals surface area contributed by atoms with Crippen LogP contribution >= 0.6 is 0 Å². The van der Waals surface area contributed by atoms with Gasteiger partial charge in [0.25, 0.3) is 0 Å². The van der Waals surface area contributed by atoms with E-state index in [0.29, 0.717) is 6.20 Å². The van der Waals surface area contributed by atoms with E-state index in [0.717, 1.165) is 18.2 Å². The highest BCUT2D eigenvalue weighted by atomic mass is 19.4. The van der Waals surface area contributed by atoms with Crippen molar-refractivity contribution in [1.82, 2.24) is 4.98 Å². The summed E-state index contributed by atoms with van der Waals surface area (Å²) in [5.41, 5.74) is -0.792. The van der Waals surface area contributed by atoms with Crippen LogP contribution in [0, 0.1) is 0 Å². The highest BCUT2D eigenvalue weighted by Gasteiger charge is 2.32. The molecule has 0 bridgehead atoms. The maximum absolute atomic E-state index is 12.7. The predicted molar refractivity (Wildman–Crippen MR) is 67.9 cm³/mol. The van der Waals surface area contributed by atoms with Gasteiger partial charge in [-0.15, -0.1) is 13.2 Å². The van der Waals surface area contributed by atoms with Crippen LogP contribution in [0.1, 0.15) is 5.56 Å². The van der Waals surface area contributed by atoms with Crippen LogP contribution in [0.4, 0.5) is 26.3 Å². The Morgan fingerprint density at radius 1 is 0.957 bits per heavy atom. The monoisotopic (exact) mass is 337 g/mol.